The third-order valence-corrected chi connectivity index (χ3v) is 4.42. The maximum absolute atomic E-state index is 5.39. The highest BCUT2D eigenvalue weighted by atomic mass is 16.5. The van der Waals surface area contributed by atoms with Crippen molar-refractivity contribution in [1.82, 2.24) is 25.1 Å². The molecule has 1 aliphatic heterocycles. The van der Waals surface area contributed by atoms with Gasteiger partial charge in [-0.1, -0.05) is 60.7 Å². The summed E-state index contributed by atoms with van der Waals surface area (Å²) in [6, 6.07) is 20.7. The van der Waals surface area contributed by atoms with Crippen LogP contribution in [-0.2, 0) is 11.4 Å². The van der Waals surface area contributed by atoms with E-state index in [2.05, 4.69) is 44.6 Å². The molecule has 0 N–H and O–H groups in total. The zero-order valence-corrected chi connectivity index (χ0v) is 14.0. The maximum Gasteiger partial charge on any atom is 0.186 e. The van der Waals surface area contributed by atoms with Gasteiger partial charge in [-0.3, -0.25) is 4.90 Å². The van der Waals surface area contributed by atoms with Crippen molar-refractivity contribution in [2.45, 2.75) is 12.6 Å². The minimum absolute atomic E-state index is 0.0131. The Bertz CT molecular complexity index is 744. The van der Waals surface area contributed by atoms with Crippen LogP contribution in [0.3, 0.4) is 0 Å². The molecule has 0 radical (unpaired) electrons. The SMILES string of the molecule is c1ccc(C(c2ccccc2)c2nnn(CN3CCOCC3)n2)cc1. The fourth-order valence-corrected chi connectivity index (χ4v) is 3.13. The number of benzene rings is 2. The van der Waals surface area contributed by atoms with Gasteiger partial charge in [0, 0.05) is 13.1 Å². The van der Waals surface area contributed by atoms with Gasteiger partial charge in [-0.25, -0.2) is 0 Å². The first-order valence-corrected chi connectivity index (χ1v) is 8.58. The molecule has 128 valence electrons. The van der Waals surface area contributed by atoms with Gasteiger partial charge >= 0.3 is 0 Å². The summed E-state index contributed by atoms with van der Waals surface area (Å²) in [4.78, 5) is 3.95. The van der Waals surface area contributed by atoms with Gasteiger partial charge in [-0.05, 0) is 16.3 Å². The van der Waals surface area contributed by atoms with Gasteiger partial charge in [0.1, 0.15) is 6.67 Å². The van der Waals surface area contributed by atoms with E-state index in [4.69, 9.17) is 4.74 Å². The standard InChI is InChI=1S/C19H21N5O/c1-3-7-16(8-4-1)18(17-9-5-2-6-10-17)19-20-22-24(21-19)15-23-11-13-25-14-12-23/h1-10,18H,11-15H2. The van der Waals surface area contributed by atoms with Crippen LogP contribution in [0.15, 0.2) is 60.7 Å². The molecule has 0 aliphatic carbocycles. The first kappa shape index (κ1) is 15.9. The average molecular weight is 335 g/mol. The van der Waals surface area contributed by atoms with E-state index in [1.54, 1.807) is 4.80 Å². The van der Waals surface area contributed by atoms with E-state index in [0.717, 1.165) is 32.1 Å². The van der Waals surface area contributed by atoms with Gasteiger partial charge in [0.25, 0.3) is 0 Å². The number of tetrazole rings is 1. The lowest BCUT2D eigenvalue weighted by Crippen LogP contribution is -2.38. The van der Waals surface area contributed by atoms with E-state index in [-0.39, 0.29) is 5.92 Å². The first-order valence-electron chi connectivity index (χ1n) is 8.58. The Labute approximate surface area is 147 Å². The summed E-state index contributed by atoms with van der Waals surface area (Å²) in [5, 5.41) is 13.3. The van der Waals surface area contributed by atoms with Crippen LogP contribution in [0.5, 0.6) is 0 Å². The molecule has 6 heteroatoms. The second-order valence-electron chi connectivity index (χ2n) is 6.15. The fourth-order valence-electron chi connectivity index (χ4n) is 3.13. The predicted molar refractivity (Wildman–Crippen MR) is 94.0 cm³/mol. The van der Waals surface area contributed by atoms with E-state index in [1.807, 2.05) is 36.4 Å². The molecule has 2 heterocycles. The molecule has 1 aromatic heterocycles. The zero-order valence-electron chi connectivity index (χ0n) is 14.0. The largest absolute Gasteiger partial charge is 0.379 e. The summed E-state index contributed by atoms with van der Waals surface area (Å²) in [6.45, 7) is 3.97. The van der Waals surface area contributed by atoms with Crippen molar-refractivity contribution in [1.29, 1.82) is 0 Å². The minimum atomic E-state index is -0.0131. The molecule has 0 spiro atoms. The smallest absolute Gasteiger partial charge is 0.186 e. The Balaban J connectivity index is 1.62. The van der Waals surface area contributed by atoms with E-state index in [0.29, 0.717) is 6.67 Å². The topological polar surface area (TPSA) is 56.1 Å². The summed E-state index contributed by atoms with van der Waals surface area (Å²) in [6.07, 6.45) is 0. The summed E-state index contributed by atoms with van der Waals surface area (Å²) in [7, 11) is 0. The van der Waals surface area contributed by atoms with Crippen LogP contribution in [0.25, 0.3) is 0 Å². The molecule has 1 fully saturated rings. The summed E-state index contributed by atoms with van der Waals surface area (Å²) in [5.74, 6) is 0.714. The molecular formula is C19H21N5O. The monoisotopic (exact) mass is 335 g/mol. The van der Waals surface area contributed by atoms with Crippen molar-refractivity contribution in [2.24, 2.45) is 0 Å². The molecule has 2 aromatic carbocycles. The second kappa shape index (κ2) is 7.55. The van der Waals surface area contributed by atoms with E-state index < -0.39 is 0 Å². The molecule has 0 saturated carbocycles. The first-order chi connectivity index (χ1) is 12.4. The summed E-state index contributed by atoms with van der Waals surface area (Å²) >= 11 is 0. The highest BCUT2D eigenvalue weighted by Crippen LogP contribution is 2.28. The Morgan fingerprint density at radius 2 is 1.48 bits per heavy atom. The van der Waals surface area contributed by atoms with E-state index in [1.165, 1.54) is 11.1 Å². The Hall–Kier alpha value is -2.57. The Morgan fingerprint density at radius 1 is 0.880 bits per heavy atom. The number of ether oxygens (including phenoxy) is 1. The van der Waals surface area contributed by atoms with Crippen molar-refractivity contribution in [3.8, 4) is 0 Å². The fraction of sp³-hybridized carbons (Fsp3) is 0.316. The van der Waals surface area contributed by atoms with Crippen LogP contribution in [-0.4, -0.2) is 51.4 Å². The van der Waals surface area contributed by atoms with Gasteiger partial charge in [-0.2, -0.15) is 0 Å². The van der Waals surface area contributed by atoms with Crippen molar-refractivity contribution < 1.29 is 4.74 Å². The van der Waals surface area contributed by atoms with Crippen LogP contribution in [0.4, 0.5) is 0 Å². The van der Waals surface area contributed by atoms with Crippen molar-refractivity contribution in [3.63, 3.8) is 0 Å². The lowest BCUT2D eigenvalue weighted by Gasteiger charge is -2.25. The maximum atomic E-state index is 5.39. The molecule has 6 nitrogen and oxygen atoms in total. The van der Waals surface area contributed by atoms with Crippen LogP contribution in [0, 0.1) is 0 Å². The average Bonchev–Trinajstić information content (AvgIpc) is 3.12. The van der Waals surface area contributed by atoms with Gasteiger partial charge in [-0.15, -0.1) is 15.0 Å². The number of rotatable bonds is 5. The van der Waals surface area contributed by atoms with Gasteiger partial charge in [0.05, 0.1) is 19.1 Å². The van der Waals surface area contributed by atoms with Gasteiger partial charge in [0.15, 0.2) is 5.82 Å². The van der Waals surface area contributed by atoms with Gasteiger partial charge < -0.3 is 4.74 Å². The molecule has 0 bridgehead atoms. The molecular weight excluding hydrogens is 314 g/mol. The number of morpholine rings is 1. The third-order valence-electron chi connectivity index (χ3n) is 4.42. The van der Waals surface area contributed by atoms with Crippen molar-refractivity contribution in [3.05, 3.63) is 77.6 Å². The molecule has 0 unspecified atom stereocenters. The van der Waals surface area contributed by atoms with Crippen molar-refractivity contribution >= 4 is 0 Å². The summed E-state index contributed by atoms with van der Waals surface area (Å²) in [5.41, 5.74) is 2.33. The third kappa shape index (κ3) is 3.75. The summed E-state index contributed by atoms with van der Waals surface area (Å²) < 4.78 is 5.39. The van der Waals surface area contributed by atoms with Crippen LogP contribution in [0.2, 0.25) is 0 Å². The zero-order chi connectivity index (χ0) is 16.9. The molecule has 0 amide bonds. The molecule has 0 atom stereocenters. The minimum Gasteiger partial charge on any atom is -0.379 e. The highest BCUT2D eigenvalue weighted by molar-refractivity contribution is 5.37. The lowest BCUT2D eigenvalue weighted by molar-refractivity contribution is 0.0183. The van der Waals surface area contributed by atoms with Gasteiger partial charge in [0.2, 0.25) is 0 Å². The van der Waals surface area contributed by atoms with E-state index in [9.17, 15) is 0 Å². The normalized spacial score (nSPS) is 15.6. The van der Waals surface area contributed by atoms with Crippen molar-refractivity contribution in [2.75, 3.05) is 26.3 Å². The van der Waals surface area contributed by atoms with Crippen LogP contribution in [0.1, 0.15) is 22.9 Å². The predicted octanol–water partition coefficient (Wildman–Crippen LogP) is 2.14. The van der Waals surface area contributed by atoms with E-state index >= 15 is 0 Å². The number of hydrogen-bond donors (Lipinski definition) is 0. The Morgan fingerprint density at radius 3 is 2.08 bits per heavy atom. The molecule has 1 aliphatic rings. The molecule has 3 aromatic rings. The second-order valence-corrected chi connectivity index (χ2v) is 6.15. The number of hydrogen-bond acceptors (Lipinski definition) is 5. The lowest BCUT2D eigenvalue weighted by atomic mass is 9.91. The molecule has 4 rings (SSSR count). The number of nitrogens with zero attached hydrogens (tertiary/aromatic N) is 5. The van der Waals surface area contributed by atoms with Crippen LogP contribution < -0.4 is 0 Å². The quantitative estimate of drug-likeness (QED) is 0.715. The molecule has 1 saturated heterocycles. The number of aromatic nitrogens is 4. The van der Waals surface area contributed by atoms with Crippen LogP contribution >= 0.6 is 0 Å². The molecule has 25 heavy (non-hydrogen) atoms. The highest BCUT2D eigenvalue weighted by Gasteiger charge is 2.22. The Kier molecular flexibility index (Phi) is 4.81.